The van der Waals surface area contributed by atoms with Crippen LogP contribution in [-0.2, 0) is 0 Å². The van der Waals surface area contributed by atoms with Crippen molar-refractivity contribution in [2.75, 3.05) is 13.2 Å². The second-order valence-corrected chi connectivity index (χ2v) is 9.96. The number of hydrazone groups is 1. The normalized spacial score (nSPS) is 17.7. The lowest BCUT2D eigenvalue weighted by Gasteiger charge is -2.38. The Bertz CT molecular complexity index is 1220. The molecule has 5 rings (SSSR count). The zero-order chi connectivity index (χ0) is 26.2. The molecule has 38 heavy (non-hydrogen) atoms. The zero-order valence-electron chi connectivity index (χ0n) is 22.4. The van der Waals surface area contributed by atoms with Crippen molar-refractivity contribution in [1.82, 2.24) is 5.01 Å². The van der Waals surface area contributed by atoms with E-state index in [4.69, 9.17) is 19.3 Å². The molecule has 3 aromatic rings. The van der Waals surface area contributed by atoms with Gasteiger partial charge in [0, 0.05) is 17.5 Å². The van der Waals surface area contributed by atoms with E-state index in [1.807, 2.05) is 30.3 Å². The van der Waals surface area contributed by atoms with Gasteiger partial charge in [0.15, 0.2) is 0 Å². The molecule has 0 bridgehead atoms. The molecule has 2 aliphatic rings. The first kappa shape index (κ1) is 25.9. The van der Waals surface area contributed by atoms with Crippen LogP contribution in [0.15, 0.2) is 90.6 Å². The third-order valence-corrected chi connectivity index (χ3v) is 7.19. The van der Waals surface area contributed by atoms with Gasteiger partial charge in [-0.05, 0) is 66.6 Å². The number of fused-ring (bicyclic) bond motifs is 3. The van der Waals surface area contributed by atoms with Crippen LogP contribution in [0.2, 0.25) is 0 Å². The Kier molecular flexibility index (Phi) is 8.64. The standard InChI is InChI=1S/C33H38N2O3/c1-3-5-6-7-8-11-23-37-28-20-16-26(17-21-28)33-35-31(29-12-9-10-13-32(29)38-33)24-30(34-35)25-14-18-27(19-15-25)36-22-4-2/h4,9-10,12-21,31,33H,2-3,5-8,11,22-24H2,1H3/t31-,33-/m0/s1. The summed E-state index contributed by atoms with van der Waals surface area (Å²) in [5, 5.41) is 7.20. The van der Waals surface area contributed by atoms with Crippen molar-refractivity contribution in [2.45, 2.75) is 64.1 Å². The molecule has 0 unspecified atom stereocenters. The number of para-hydroxylation sites is 1. The van der Waals surface area contributed by atoms with Crippen LogP contribution in [0, 0.1) is 0 Å². The summed E-state index contributed by atoms with van der Waals surface area (Å²) in [6.07, 6.45) is 9.84. The van der Waals surface area contributed by atoms with Gasteiger partial charge in [0.05, 0.1) is 18.4 Å². The highest BCUT2D eigenvalue weighted by Crippen LogP contribution is 2.47. The number of hydrogen-bond acceptors (Lipinski definition) is 5. The minimum atomic E-state index is -0.296. The fourth-order valence-corrected chi connectivity index (χ4v) is 5.13. The largest absolute Gasteiger partial charge is 0.494 e. The van der Waals surface area contributed by atoms with Crippen molar-refractivity contribution in [2.24, 2.45) is 5.10 Å². The van der Waals surface area contributed by atoms with Crippen molar-refractivity contribution in [3.8, 4) is 17.2 Å². The number of ether oxygens (including phenoxy) is 3. The van der Waals surface area contributed by atoms with Crippen LogP contribution in [0.5, 0.6) is 17.2 Å². The molecule has 0 saturated heterocycles. The Hall–Kier alpha value is -3.73. The van der Waals surface area contributed by atoms with Crippen LogP contribution >= 0.6 is 0 Å². The van der Waals surface area contributed by atoms with Crippen LogP contribution in [-0.4, -0.2) is 23.9 Å². The molecule has 5 nitrogen and oxygen atoms in total. The molecule has 0 spiro atoms. The lowest BCUT2D eigenvalue weighted by Crippen LogP contribution is -2.33. The number of hydrogen-bond donors (Lipinski definition) is 0. The minimum absolute atomic E-state index is 0.125. The predicted molar refractivity (Wildman–Crippen MR) is 153 cm³/mol. The van der Waals surface area contributed by atoms with Gasteiger partial charge in [0.1, 0.15) is 23.9 Å². The Labute approximate surface area is 226 Å². The van der Waals surface area contributed by atoms with E-state index in [1.165, 1.54) is 37.7 Å². The fraction of sp³-hybridized carbons (Fsp3) is 0.364. The summed E-state index contributed by atoms with van der Waals surface area (Å²) in [5.41, 5.74) is 4.39. The SMILES string of the molecule is C=CCOc1ccc(C2=NN3[C@@H](C2)c2ccccc2O[C@H]3c2ccc(OCCCCCCCC)cc2)cc1. The molecule has 0 aliphatic carbocycles. The van der Waals surface area contributed by atoms with Gasteiger partial charge in [-0.25, -0.2) is 5.01 Å². The zero-order valence-corrected chi connectivity index (χ0v) is 22.4. The summed E-state index contributed by atoms with van der Waals surface area (Å²) in [7, 11) is 0. The molecular weight excluding hydrogens is 472 g/mol. The van der Waals surface area contributed by atoms with Crippen molar-refractivity contribution >= 4 is 5.71 Å². The molecule has 5 heteroatoms. The Morgan fingerprint density at radius 3 is 2.39 bits per heavy atom. The molecule has 3 aromatic carbocycles. The summed E-state index contributed by atoms with van der Waals surface area (Å²) in [5.74, 6) is 2.65. The van der Waals surface area contributed by atoms with Crippen molar-refractivity contribution in [1.29, 1.82) is 0 Å². The van der Waals surface area contributed by atoms with E-state index in [0.29, 0.717) is 6.61 Å². The van der Waals surface area contributed by atoms with Crippen LogP contribution in [0.3, 0.4) is 0 Å². The molecule has 2 atom stereocenters. The van der Waals surface area contributed by atoms with Crippen LogP contribution in [0.25, 0.3) is 0 Å². The number of nitrogens with zero attached hydrogens (tertiary/aromatic N) is 2. The van der Waals surface area contributed by atoms with Gasteiger partial charge < -0.3 is 14.2 Å². The van der Waals surface area contributed by atoms with E-state index in [9.17, 15) is 0 Å². The molecule has 2 heterocycles. The smallest absolute Gasteiger partial charge is 0.213 e. The van der Waals surface area contributed by atoms with Crippen LogP contribution in [0.4, 0.5) is 0 Å². The van der Waals surface area contributed by atoms with Gasteiger partial charge in [-0.2, -0.15) is 5.10 Å². The lowest BCUT2D eigenvalue weighted by molar-refractivity contribution is -0.0190. The molecule has 0 radical (unpaired) electrons. The Morgan fingerprint density at radius 1 is 0.895 bits per heavy atom. The summed E-state index contributed by atoms with van der Waals surface area (Å²) < 4.78 is 18.2. The van der Waals surface area contributed by atoms with Gasteiger partial charge in [-0.15, -0.1) is 0 Å². The van der Waals surface area contributed by atoms with Gasteiger partial charge in [0.25, 0.3) is 0 Å². The molecule has 0 N–H and O–H groups in total. The molecule has 0 fully saturated rings. The maximum atomic E-state index is 6.51. The van der Waals surface area contributed by atoms with Crippen molar-refractivity contribution in [3.63, 3.8) is 0 Å². The first-order chi connectivity index (χ1) is 18.8. The highest BCUT2D eigenvalue weighted by Gasteiger charge is 2.40. The molecule has 0 amide bonds. The Balaban J connectivity index is 1.29. The average molecular weight is 511 g/mol. The predicted octanol–water partition coefficient (Wildman–Crippen LogP) is 8.23. The minimum Gasteiger partial charge on any atom is -0.494 e. The third-order valence-electron chi connectivity index (χ3n) is 7.19. The first-order valence-corrected chi connectivity index (χ1v) is 13.9. The third kappa shape index (κ3) is 6.04. The summed E-state index contributed by atoms with van der Waals surface area (Å²) in [6.45, 7) is 7.22. The first-order valence-electron chi connectivity index (χ1n) is 13.9. The maximum absolute atomic E-state index is 6.51. The van der Waals surface area contributed by atoms with Gasteiger partial charge in [-0.3, -0.25) is 0 Å². The van der Waals surface area contributed by atoms with Gasteiger partial charge in [-0.1, -0.05) is 69.9 Å². The molecule has 0 aromatic heterocycles. The number of unbranched alkanes of at least 4 members (excludes halogenated alkanes) is 5. The fourth-order valence-electron chi connectivity index (χ4n) is 5.13. The van der Waals surface area contributed by atoms with E-state index in [2.05, 4.69) is 61.0 Å². The van der Waals surface area contributed by atoms with E-state index in [0.717, 1.165) is 53.5 Å². The van der Waals surface area contributed by atoms with E-state index < -0.39 is 0 Å². The highest BCUT2D eigenvalue weighted by molar-refractivity contribution is 6.02. The molecule has 0 saturated carbocycles. The number of benzene rings is 3. The van der Waals surface area contributed by atoms with E-state index in [-0.39, 0.29) is 12.3 Å². The van der Waals surface area contributed by atoms with E-state index >= 15 is 0 Å². The topological polar surface area (TPSA) is 43.3 Å². The molecule has 198 valence electrons. The Morgan fingerprint density at radius 2 is 1.61 bits per heavy atom. The van der Waals surface area contributed by atoms with E-state index in [1.54, 1.807) is 6.08 Å². The highest BCUT2D eigenvalue weighted by atomic mass is 16.5. The summed E-state index contributed by atoms with van der Waals surface area (Å²) in [6, 6.07) is 24.9. The van der Waals surface area contributed by atoms with Gasteiger partial charge >= 0.3 is 0 Å². The second kappa shape index (κ2) is 12.7. The maximum Gasteiger partial charge on any atom is 0.213 e. The van der Waals surface area contributed by atoms with Crippen LogP contribution < -0.4 is 14.2 Å². The average Bonchev–Trinajstić information content (AvgIpc) is 3.42. The van der Waals surface area contributed by atoms with Crippen molar-refractivity contribution in [3.05, 3.63) is 102 Å². The molecule has 2 aliphatic heterocycles. The van der Waals surface area contributed by atoms with Crippen molar-refractivity contribution < 1.29 is 14.2 Å². The molecular formula is C33H38N2O3. The van der Waals surface area contributed by atoms with Crippen LogP contribution in [0.1, 0.15) is 80.8 Å². The number of rotatable bonds is 13. The summed E-state index contributed by atoms with van der Waals surface area (Å²) >= 11 is 0. The summed E-state index contributed by atoms with van der Waals surface area (Å²) in [4.78, 5) is 0. The lowest BCUT2D eigenvalue weighted by atomic mass is 9.96. The quantitative estimate of drug-likeness (QED) is 0.172. The van der Waals surface area contributed by atoms with Gasteiger partial charge in [0.2, 0.25) is 6.23 Å². The second-order valence-electron chi connectivity index (χ2n) is 9.96. The monoisotopic (exact) mass is 510 g/mol.